The van der Waals surface area contributed by atoms with Gasteiger partial charge in [-0.3, -0.25) is 9.69 Å². The molecule has 5 rings (SSSR count). The molecule has 3 atom stereocenters. The van der Waals surface area contributed by atoms with Gasteiger partial charge in [0.25, 0.3) is 0 Å². The van der Waals surface area contributed by atoms with Crippen molar-refractivity contribution in [3.8, 4) is 5.75 Å². The van der Waals surface area contributed by atoms with Gasteiger partial charge >= 0.3 is 5.97 Å². The Balaban J connectivity index is 1.40. The summed E-state index contributed by atoms with van der Waals surface area (Å²) in [5, 5.41) is 12.3. The highest BCUT2D eigenvalue weighted by Gasteiger charge is 2.47. The van der Waals surface area contributed by atoms with Crippen molar-refractivity contribution in [1.82, 2.24) is 9.62 Å². The molecule has 1 fully saturated rings. The van der Waals surface area contributed by atoms with Crippen molar-refractivity contribution in [2.24, 2.45) is 15.4 Å². The lowest BCUT2D eigenvalue weighted by molar-refractivity contribution is -0.143. The first-order chi connectivity index (χ1) is 19.2. The van der Waals surface area contributed by atoms with Gasteiger partial charge in [-0.2, -0.15) is 9.84 Å². The van der Waals surface area contributed by atoms with Gasteiger partial charge in [-0.1, -0.05) is 29.8 Å². The molecule has 0 saturated carbocycles. The normalized spacial score (nSPS) is 23.9. The third-order valence-corrected chi connectivity index (χ3v) is 9.34. The van der Waals surface area contributed by atoms with Crippen LogP contribution in [-0.2, 0) is 26.1 Å². The van der Waals surface area contributed by atoms with Crippen molar-refractivity contribution in [2.75, 3.05) is 26.8 Å². The van der Waals surface area contributed by atoms with Crippen LogP contribution in [0.5, 0.6) is 5.75 Å². The van der Waals surface area contributed by atoms with Crippen molar-refractivity contribution in [3.63, 3.8) is 0 Å². The van der Waals surface area contributed by atoms with E-state index in [1.807, 2.05) is 25.1 Å². The number of ether oxygens (including phenoxy) is 2. The van der Waals surface area contributed by atoms with E-state index in [0.717, 1.165) is 29.8 Å². The maximum Gasteiger partial charge on any atom is 0.324 e. The van der Waals surface area contributed by atoms with E-state index in [1.165, 1.54) is 19.2 Å². The number of halogens is 1. The largest absolute Gasteiger partial charge is 0.493 e. The zero-order chi connectivity index (χ0) is 28.3. The molecule has 3 heterocycles. The van der Waals surface area contributed by atoms with Crippen LogP contribution >= 0.6 is 0 Å². The molecule has 40 heavy (non-hydrogen) atoms. The molecule has 1 saturated heterocycles. The number of benzene rings is 2. The molecule has 0 bridgehead atoms. The van der Waals surface area contributed by atoms with Gasteiger partial charge in [0.2, 0.25) is 10.0 Å². The predicted octanol–water partition coefficient (Wildman–Crippen LogP) is 3.90. The van der Waals surface area contributed by atoms with E-state index in [2.05, 4.69) is 25.1 Å². The van der Waals surface area contributed by atoms with Crippen LogP contribution in [0.4, 0.5) is 4.39 Å². The third-order valence-electron chi connectivity index (χ3n) is 7.85. The van der Waals surface area contributed by atoms with Crippen LogP contribution in [0.2, 0.25) is 0 Å². The number of nitrogens with zero attached hydrogens (tertiary/aromatic N) is 4. The van der Waals surface area contributed by atoms with Crippen molar-refractivity contribution >= 4 is 22.2 Å². The smallest absolute Gasteiger partial charge is 0.324 e. The molecule has 0 aliphatic carbocycles. The summed E-state index contributed by atoms with van der Waals surface area (Å²) in [5.74, 6) is -0.289. The molecule has 1 N–H and O–H groups in total. The number of sulfonamides is 1. The van der Waals surface area contributed by atoms with Crippen LogP contribution in [-0.4, -0.2) is 70.1 Å². The van der Waals surface area contributed by atoms with Gasteiger partial charge in [0.15, 0.2) is 0 Å². The summed E-state index contributed by atoms with van der Waals surface area (Å²) in [6.45, 7) is 4.41. The molecule has 0 aromatic heterocycles. The maximum absolute atomic E-state index is 13.6. The van der Waals surface area contributed by atoms with E-state index >= 15 is 0 Å². The average molecular weight is 572 g/mol. The van der Waals surface area contributed by atoms with Crippen molar-refractivity contribution < 1.29 is 27.1 Å². The number of likely N-dealkylation sites (tertiary alicyclic amines) is 1. The number of fused-ring (bicyclic) bond motifs is 1. The zero-order valence-electron chi connectivity index (χ0n) is 22.6. The summed E-state index contributed by atoms with van der Waals surface area (Å²) in [6, 6.07) is 11.1. The van der Waals surface area contributed by atoms with E-state index in [0.29, 0.717) is 38.2 Å². The first-order valence-electron chi connectivity index (χ1n) is 13.4. The highest BCUT2D eigenvalue weighted by molar-refractivity contribution is 7.89. The topological polar surface area (TPSA) is 122 Å². The molecule has 0 spiro atoms. The van der Waals surface area contributed by atoms with Crippen molar-refractivity contribution in [2.45, 2.75) is 67.7 Å². The number of piperidine rings is 1. The Morgan fingerprint density at radius 2 is 1.95 bits per heavy atom. The number of methoxy groups -OCH3 is 1. The quantitative estimate of drug-likeness (QED) is 0.456. The van der Waals surface area contributed by atoms with Gasteiger partial charge < -0.3 is 9.47 Å². The average Bonchev–Trinajstić information content (AvgIpc) is 3.42. The van der Waals surface area contributed by atoms with E-state index < -0.39 is 33.7 Å². The number of esters is 1. The third kappa shape index (κ3) is 6.08. The Bertz CT molecular complexity index is 1380. The lowest BCUT2D eigenvalue weighted by Gasteiger charge is -2.37. The van der Waals surface area contributed by atoms with Crippen LogP contribution in [0.3, 0.4) is 0 Å². The fraction of sp³-hybridized carbons (Fsp3) is 0.500. The number of hydrogen-bond acceptors (Lipinski definition) is 9. The van der Waals surface area contributed by atoms with E-state index in [-0.39, 0.29) is 17.2 Å². The molecule has 3 unspecified atom stereocenters. The number of rotatable bonds is 9. The van der Waals surface area contributed by atoms with Crippen LogP contribution in [0.15, 0.2) is 62.8 Å². The minimum absolute atomic E-state index is 0.0399. The summed E-state index contributed by atoms with van der Waals surface area (Å²) >= 11 is 0. The zero-order valence-corrected chi connectivity index (χ0v) is 23.4. The van der Waals surface area contributed by atoms with Crippen molar-refractivity contribution in [3.05, 3.63) is 59.2 Å². The van der Waals surface area contributed by atoms with E-state index in [4.69, 9.17) is 9.47 Å². The van der Waals surface area contributed by atoms with Crippen LogP contribution in [0, 0.1) is 6.92 Å². The molecule has 10 nitrogen and oxygen atoms in total. The predicted molar refractivity (Wildman–Crippen MR) is 147 cm³/mol. The molecule has 3 aliphatic heterocycles. The number of nitrogens with one attached hydrogen (secondary N) is 1. The molecule has 0 amide bonds. The second-order valence-electron chi connectivity index (χ2n) is 10.7. The maximum atomic E-state index is 13.6. The van der Waals surface area contributed by atoms with Crippen molar-refractivity contribution in [1.29, 1.82) is 0 Å². The van der Waals surface area contributed by atoms with Gasteiger partial charge in [-0.15, -0.1) is 5.10 Å². The highest BCUT2D eigenvalue weighted by atomic mass is 32.2. The Labute approximate surface area is 233 Å². The monoisotopic (exact) mass is 571 g/mol. The van der Waals surface area contributed by atoms with Crippen LogP contribution in [0.1, 0.15) is 48.3 Å². The first kappa shape index (κ1) is 28.3. The molecule has 2 aromatic carbocycles. The van der Waals surface area contributed by atoms with E-state index in [1.54, 1.807) is 18.3 Å². The molecule has 3 aliphatic rings. The number of alkyl halides is 1. The Hall–Kier alpha value is -3.22. The standard InChI is InChI=1S/C28H34FN5O5S/c1-19-3-6-22(7-4-19)40(36,37)31-25(27(35)38-2)16-28(18-30-33-32-28)24-11-14-39-26-15-20(5-8-23(24)26)17-34-12-9-21(29)10-13-34/h3-8,15,18,21,24-25,31H,9-14,16-17H2,1-2H3. The highest BCUT2D eigenvalue weighted by Crippen LogP contribution is 2.45. The second-order valence-corrected chi connectivity index (χ2v) is 12.4. The summed E-state index contributed by atoms with van der Waals surface area (Å²) in [6.07, 6.45) is 2.48. The summed E-state index contributed by atoms with van der Waals surface area (Å²) in [4.78, 5) is 15.1. The first-order valence-corrected chi connectivity index (χ1v) is 14.9. The van der Waals surface area contributed by atoms with Gasteiger partial charge in [0, 0.05) is 37.5 Å². The minimum Gasteiger partial charge on any atom is -0.493 e. The fourth-order valence-corrected chi connectivity index (χ4v) is 6.83. The Kier molecular flexibility index (Phi) is 8.29. The lowest BCUT2D eigenvalue weighted by Crippen LogP contribution is -2.49. The summed E-state index contributed by atoms with van der Waals surface area (Å²) < 4.78 is 53.5. The molecular weight excluding hydrogens is 537 g/mol. The van der Waals surface area contributed by atoms with Crippen LogP contribution in [0.25, 0.3) is 0 Å². The Morgan fingerprint density at radius 3 is 2.62 bits per heavy atom. The molecular formula is C28H34FN5O5S. The van der Waals surface area contributed by atoms with Gasteiger partial charge in [-0.25, -0.2) is 12.8 Å². The molecule has 0 radical (unpaired) electrons. The molecule has 2 aromatic rings. The Morgan fingerprint density at radius 1 is 1.20 bits per heavy atom. The van der Waals surface area contributed by atoms with Gasteiger partial charge in [0.05, 0.1) is 24.8 Å². The fourth-order valence-electron chi connectivity index (χ4n) is 5.64. The number of hydrogen-bond donors (Lipinski definition) is 1. The van der Waals surface area contributed by atoms with Crippen LogP contribution < -0.4 is 9.46 Å². The number of carbonyl (C=O) groups is 1. The number of aryl methyl sites for hydroxylation is 1. The SMILES string of the molecule is COC(=O)C(CC1(C2CCOc3cc(CN4CCC(F)CC4)ccc32)C=NN=N1)NS(=O)(=O)c1ccc(C)cc1. The summed E-state index contributed by atoms with van der Waals surface area (Å²) in [7, 11) is -2.82. The molecule has 12 heteroatoms. The lowest BCUT2D eigenvalue weighted by atomic mass is 9.73. The van der Waals surface area contributed by atoms with Gasteiger partial charge in [-0.05, 0) is 55.2 Å². The van der Waals surface area contributed by atoms with E-state index in [9.17, 15) is 17.6 Å². The minimum atomic E-state index is -4.03. The number of carbonyl (C=O) groups excluding carboxylic acids is 1. The molecule has 214 valence electrons. The van der Waals surface area contributed by atoms with Gasteiger partial charge in [0.1, 0.15) is 23.5 Å². The summed E-state index contributed by atoms with van der Waals surface area (Å²) in [5.41, 5.74) is 1.77. The second kappa shape index (κ2) is 11.7.